The van der Waals surface area contributed by atoms with E-state index in [0.29, 0.717) is 48.8 Å². The first-order valence-electron chi connectivity index (χ1n) is 12.5. The number of aromatic nitrogens is 5. The third-order valence-electron chi connectivity index (χ3n) is 6.61. The number of hydrogen-bond donors (Lipinski definition) is 2. The van der Waals surface area contributed by atoms with Gasteiger partial charge in [-0.05, 0) is 50.6 Å². The minimum Gasteiger partial charge on any atom is -0.390 e. The molecule has 0 unspecified atom stereocenters. The van der Waals surface area contributed by atoms with Crippen LogP contribution in [-0.2, 0) is 25.3 Å². The summed E-state index contributed by atoms with van der Waals surface area (Å²) in [5.41, 5.74) is 4.25. The predicted molar refractivity (Wildman–Crippen MR) is 143 cm³/mol. The van der Waals surface area contributed by atoms with E-state index in [9.17, 15) is 9.90 Å². The van der Waals surface area contributed by atoms with Crippen LogP contribution in [0.2, 0.25) is 0 Å². The van der Waals surface area contributed by atoms with Crippen LogP contribution in [0.3, 0.4) is 0 Å². The first-order valence-corrected chi connectivity index (χ1v) is 12.5. The molecule has 0 aliphatic carbocycles. The maximum Gasteiger partial charge on any atom is 0.274 e. The number of ether oxygens (including phenoxy) is 1. The zero-order valence-corrected chi connectivity index (χ0v) is 21.7. The number of rotatable bonds is 7. The van der Waals surface area contributed by atoms with E-state index >= 15 is 0 Å². The van der Waals surface area contributed by atoms with Gasteiger partial charge in [-0.25, -0.2) is 9.97 Å². The molecule has 3 aromatic heterocycles. The van der Waals surface area contributed by atoms with E-state index < -0.39 is 5.60 Å². The molecule has 0 atom stereocenters. The predicted octanol–water partition coefficient (Wildman–Crippen LogP) is 3.16. The molecule has 1 aliphatic heterocycles. The van der Waals surface area contributed by atoms with Crippen LogP contribution in [-0.4, -0.2) is 67.2 Å². The van der Waals surface area contributed by atoms with Crippen molar-refractivity contribution in [2.75, 3.05) is 36.5 Å². The van der Waals surface area contributed by atoms with Crippen molar-refractivity contribution >= 4 is 28.3 Å². The van der Waals surface area contributed by atoms with Crippen molar-refractivity contribution in [1.82, 2.24) is 24.3 Å². The van der Waals surface area contributed by atoms with Crippen molar-refractivity contribution in [2.24, 2.45) is 14.1 Å². The zero-order chi connectivity index (χ0) is 26.2. The van der Waals surface area contributed by atoms with Crippen LogP contribution >= 0.6 is 0 Å². The number of morpholine rings is 1. The maximum atomic E-state index is 13.4. The smallest absolute Gasteiger partial charge is 0.274 e. The number of nitrogens with one attached hydrogen (secondary N) is 1. The second-order valence-corrected chi connectivity index (χ2v) is 10.1. The Balaban J connectivity index is 1.49. The molecule has 1 saturated heterocycles. The SMILES string of the molecule is Cn1ccc(-c2cccc(C(=O)Nc3cc4c(cc3N3CCOCC3)nc(CCC(C)(C)O)n4C)n2)n1. The van der Waals surface area contributed by atoms with Crippen molar-refractivity contribution in [1.29, 1.82) is 0 Å². The Kier molecular flexibility index (Phi) is 6.70. The Labute approximate surface area is 215 Å². The Morgan fingerprint density at radius 3 is 2.59 bits per heavy atom. The quantitative estimate of drug-likeness (QED) is 0.399. The van der Waals surface area contributed by atoms with Crippen molar-refractivity contribution in [3.8, 4) is 11.4 Å². The van der Waals surface area contributed by atoms with Gasteiger partial charge in [0, 0.05) is 39.8 Å². The van der Waals surface area contributed by atoms with Crippen LogP contribution in [0.5, 0.6) is 0 Å². The van der Waals surface area contributed by atoms with Gasteiger partial charge in [-0.1, -0.05) is 6.07 Å². The number of fused-ring (bicyclic) bond motifs is 1. The molecular formula is C27H33N7O3. The van der Waals surface area contributed by atoms with E-state index in [-0.39, 0.29) is 5.91 Å². The fourth-order valence-electron chi connectivity index (χ4n) is 4.53. The molecule has 0 radical (unpaired) electrons. The largest absolute Gasteiger partial charge is 0.390 e. The van der Waals surface area contributed by atoms with Gasteiger partial charge in [0.05, 0.1) is 46.9 Å². The van der Waals surface area contributed by atoms with Crippen LogP contribution < -0.4 is 10.2 Å². The van der Waals surface area contributed by atoms with Crippen LogP contribution in [0.4, 0.5) is 11.4 Å². The van der Waals surface area contributed by atoms with Gasteiger partial charge in [-0.3, -0.25) is 9.48 Å². The van der Waals surface area contributed by atoms with Crippen LogP contribution in [0, 0.1) is 0 Å². The second kappa shape index (κ2) is 9.95. The Hall–Kier alpha value is -3.76. The van der Waals surface area contributed by atoms with Crippen LogP contribution in [0.1, 0.15) is 36.6 Å². The van der Waals surface area contributed by atoms with Crippen molar-refractivity contribution in [3.05, 3.63) is 54.1 Å². The van der Waals surface area contributed by atoms with Crippen molar-refractivity contribution < 1.29 is 14.6 Å². The summed E-state index contributed by atoms with van der Waals surface area (Å²) in [6.45, 7) is 6.30. The minimum atomic E-state index is -0.771. The molecular weight excluding hydrogens is 470 g/mol. The van der Waals surface area contributed by atoms with Gasteiger partial charge in [0.1, 0.15) is 17.2 Å². The maximum absolute atomic E-state index is 13.4. The molecule has 5 rings (SSSR count). The standard InChI is InChI=1S/C27H33N7O3/c1-27(2,36)10-8-25-29-21-17-24(34-12-14-37-15-13-34)22(16-23(21)33(25)4)30-26(35)20-7-5-6-18(28-20)19-9-11-32(3)31-19/h5-7,9,11,16-17,36H,8,10,12-15H2,1-4H3,(H,30,35). The summed E-state index contributed by atoms with van der Waals surface area (Å²) < 4.78 is 9.29. The average Bonchev–Trinajstić information content (AvgIpc) is 3.45. The van der Waals surface area contributed by atoms with E-state index in [1.807, 2.05) is 55.2 Å². The summed E-state index contributed by atoms with van der Waals surface area (Å²) in [5, 5.41) is 17.7. The third kappa shape index (κ3) is 5.50. The molecule has 1 aliphatic rings. The number of pyridine rings is 1. The van der Waals surface area contributed by atoms with Crippen molar-refractivity contribution in [2.45, 2.75) is 32.3 Å². The normalized spacial score (nSPS) is 14.4. The number of imidazole rings is 1. The van der Waals surface area contributed by atoms with Gasteiger partial charge in [0.15, 0.2) is 0 Å². The van der Waals surface area contributed by atoms with Gasteiger partial charge >= 0.3 is 0 Å². The lowest BCUT2D eigenvalue weighted by molar-refractivity contribution is 0.0706. The molecule has 4 heterocycles. The molecule has 1 aromatic carbocycles. The number of aryl methyl sites for hydroxylation is 3. The lowest BCUT2D eigenvalue weighted by Crippen LogP contribution is -2.36. The Morgan fingerprint density at radius 2 is 1.89 bits per heavy atom. The number of amides is 1. The topological polar surface area (TPSA) is 110 Å². The summed E-state index contributed by atoms with van der Waals surface area (Å²) >= 11 is 0. The highest BCUT2D eigenvalue weighted by Gasteiger charge is 2.22. The molecule has 0 spiro atoms. The highest BCUT2D eigenvalue weighted by Crippen LogP contribution is 2.33. The monoisotopic (exact) mass is 503 g/mol. The van der Waals surface area contributed by atoms with Gasteiger partial charge in [0.25, 0.3) is 5.91 Å². The molecule has 1 amide bonds. The number of nitrogens with zero attached hydrogens (tertiary/aromatic N) is 6. The van der Waals surface area contributed by atoms with E-state index in [0.717, 1.165) is 35.6 Å². The van der Waals surface area contributed by atoms with Crippen LogP contribution in [0.15, 0.2) is 42.6 Å². The Bertz CT molecular complexity index is 1430. The van der Waals surface area contributed by atoms with E-state index in [4.69, 9.17) is 9.72 Å². The molecule has 10 heteroatoms. The molecule has 10 nitrogen and oxygen atoms in total. The molecule has 194 valence electrons. The number of benzene rings is 1. The molecule has 0 saturated carbocycles. The van der Waals surface area contributed by atoms with Crippen molar-refractivity contribution in [3.63, 3.8) is 0 Å². The summed E-state index contributed by atoms with van der Waals surface area (Å²) in [6, 6.07) is 11.2. The minimum absolute atomic E-state index is 0.295. The van der Waals surface area contributed by atoms with Crippen LogP contribution in [0.25, 0.3) is 22.4 Å². The number of aliphatic hydroxyl groups is 1. The van der Waals surface area contributed by atoms with Gasteiger partial charge < -0.3 is 24.6 Å². The van der Waals surface area contributed by atoms with E-state index in [1.165, 1.54) is 0 Å². The van der Waals surface area contributed by atoms with Gasteiger partial charge in [-0.2, -0.15) is 5.10 Å². The summed E-state index contributed by atoms with van der Waals surface area (Å²) in [6.07, 6.45) is 3.09. The third-order valence-corrected chi connectivity index (χ3v) is 6.61. The summed E-state index contributed by atoms with van der Waals surface area (Å²) in [5.74, 6) is 0.592. The van der Waals surface area contributed by atoms with E-state index in [2.05, 4.69) is 20.3 Å². The summed E-state index contributed by atoms with van der Waals surface area (Å²) in [4.78, 5) is 25.0. The van der Waals surface area contributed by atoms with E-state index in [1.54, 1.807) is 24.6 Å². The lowest BCUT2D eigenvalue weighted by Gasteiger charge is -2.30. The molecule has 0 bridgehead atoms. The molecule has 2 N–H and O–H groups in total. The number of carbonyl (C=O) groups is 1. The number of hydrogen-bond acceptors (Lipinski definition) is 7. The average molecular weight is 504 g/mol. The lowest BCUT2D eigenvalue weighted by atomic mass is 10.0. The zero-order valence-electron chi connectivity index (χ0n) is 21.7. The van der Waals surface area contributed by atoms with Gasteiger partial charge in [0.2, 0.25) is 0 Å². The molecule has 1 fully saturated rings. The molecule has 37 heavy (non-hydrogen) atoms. The number of carbonyl (C=O) groups excluding carboxylic acids is 1. The Morgan fingerprint density at radius 1 is 1.11 bits per heavy atom. The first kappa shape index (κ1) is 24.9. The fourth-order valence-corrected chi connectivity index (χ4v) is 4.53. The highest BCUT2D eigenvalue weighted by molar-refractivity contribution is 6.06. The molecule has 4 aromatic rings. The fraction of sp³-hybridized carbons (Fsp3) is 0.407. The highest BCUT2D eigenvalue weighted by atomic mass is 16.5. The summed E-state index contributed by atoms with van der Waals surface area (Å²) in [7, 11) is 3.81. The number of anilines is 2. The van der Waals surface area contributed by atoms with Gasteiger partial charge in [-0.15, -0.1) is 0 Å². The first-order chi connectivity index (χ1) is 17.7. The second-order valence-electron chi connectivity index (χ2n) is 10.1.